The summed E-state index contributed by atoms with van der Waals surface area (Å²) in [4.78, 5) is 30.9. The van der Waals surface area contributed by atoms with Gasteiger partial charge in [0, 0.05) is 38.6 Å². The van der Waals surface area contributed by atoms with Crippen molar-refractivity contribution in [2.24, 2.45) is 0 Å². The van der Waals surface area contributed by atoms with E-state index < -0.39 is 0 Å². The number of ether oxygens (including phenoxy) is 1. The smallest absolute Gasteiger partial charge is 0.259 e. The molecule has 2 aromatic heterocycles. The third kappa shape index (κ3) is 4.01. The first-order valence-corrected chi connectivity index (χ1v) is 8.96. The number of amides is 2. The Hall–Kier alpha value is -2.48. The minimum Gasteiger partial charge on any atom is -0.375 e. The number of fused-ring (bicyclic) bond motifs is 1. The second kappa shape index (κ2) is 8.27. The van der Waals surface area contributed by atoms with Gasteiger partial charge in [-0.15, -0.1) is 0 Å². The number of carbonyl (C=O) groups excluding carboxylic acids is 2. The zero-order valence-corrected chi connectivity index (χ0v) is 15.3. The standard InChI is InChI=1S/C18H25N5O3/c1-13-9-20-17-15(10-21-23(17)11-13)18(25)22-8-4-3-5-14(22)6-7-19-16(24)12-26-2/h9-11,14H,3-8,12H2,1-2H3,(H,19,24)/t14-/m1/s1. The monoisotopic (exact) mass is 359 g/mol. The van der Waals surface area contributed by atoms with Crippen LogP contribution in [0.5, 0.6) is 0 Å². The Morgan fingerprint density at radius 1 is 1.35 bits per heavy atom. The van der Waals surface area contributed by atoms with Gasteiger partial charge < -0.3 is 15.0 Å². The number of methoxy groups -OCH3 is 1. The number of carbonyl (C=O) groups is 2. The van der Waals surface area contributed by atoms with Gasteiger partial charge in [0.2, 0.25) is 5.91 Å². The summed E-state index contributed by atoms with van der Waals surface area (Å²) in [5.74, 6) is -0.173. The molecule has 3 heterocycles. The quantitative estimate of drug-likeness (QED) is 0.837. The first kappa shape index (κ1) is 18.3. The number of piperidine rings is 1. The molecule has 1 saturated heterocycles. The van der Waals surface area contributed by atoms with E-state index in [0.717, 1.165) is 37.8 Å². The van der Waals surface area contributed by atoms with Gasteiger partial charge in [-0.2, -0.15) is 5.10 Å². The number of hydrogen-bond donors (Lipinski definition) is 1. The van der Waals surface area contributed by atoms with Gasteiger partial charge in [-0.3, -0.25) is 9.59 Å². The molecule has 0 unspecified atom stereocenters. The molecule has 2 aromatic rings. The molecule has 1 aliphatic heterocycles. The van der Waals surface area contributed by atoms with Gasteiger partial charge in [-0.1, -0.05) is 0 Å². The van der Waals surface area contributed by atoms with E-state index in [9.17, 15) is 9.59 Å². The molecular formula is C18H25N5O3. The molecule has 1 atom stereocenters. The van der Waals surface area contributed by atoms with Crippen LogP contribution in [0.15, 0.2) is 18.6 Å². The maximum atomic E-state index is 13.1. The van der Waals surface area contributed by atoms with Crippen LogP contribution in [-0.4, -0.2) is 64.2 Å². The Morgan fingerprint density at radius 2 is 2.19 bits per heavy atom. The van der Waals surface area contributed by atoms with E-state index >= 15 is 0 Å². The highest BCUT2D eigenvalue weighted by molar-refractivity contribution is 5.99. The van der Waals surface area contributed by atoms with Gasteiger partial charge in [-0.25, -0.2) is 9.50 Å². The molecule has 26 heavy (non-hydrogen) atoms. The van der Waals surface area contributed by atoms with Crippen molar-refractivity contribution in [3.8, 4) is 0 Å². The molecule has 8 nitrogen and oxygen atoms in total. The molecule has 0 bridgehead atoms. The summed E-state index contributed by atoms with van der Waals surface area (Å²) in [5, 5.41) is 7.09. The van der Waals surface area contributed by atoms with Gasteiger partial charge >= 0.3 is 0 Å². The molecule has 0 spiro atoms. The van der Waals surface area contributed by atoms with Gasteiger partial charge in [0.25, 0.3) is 5.91 Å². The molecular weight excluding hydrogens is 334 g/mol. The average Bonchev–Trinajstić information content (AvgIpc) is 3.04. The highest BCUT2D eigenvalue weighted by Crippen LogP contribution is 2.23. The van der Waals surface area contributed by atoms with Crippen LogP contribution in [-0.2, 0) is 9.53 Å². The predicted octanol–water partition coefficient (Wildman–Crippen LogP) is 1.19. The molecule has 8 heteroatoms. The van der Waals surface area contributed by atoms with Gasteiger partial charge in [0.15, 0.2) is 5.65 Å². The number of likely N-dealkylation sites (tertiary alicyclic amines) is 1. The van der Waals surface area contributed by atoms with E-state index in [1.807, 2.05) is 18.0 Å². The number of hydrogen-bond acceptors (Lipinski definition) is 5. The molecule has 2 amide bonds. The van der Waals surface area contributed by atoms with Gasteiger partial charge in [-0.05, 0) is 38.2 Å². The minimum atomic E-state index is -0.136. The minimum absolute atomic E-state index is 0.0377. The lowest BCUT2D eigenvalue weighted by atomic mass is 9.98. The Labute approximate surface area is 152 Å². The topological polar surface area (TPSA) is 88.8 Å². The van der Waals surface area contributed by atoms with Crippen LogP contribution >= 0.6 is 0 Å². The van der Waals surface area contributed by atoms with E-state index in [4.69, 9.17) is 4.74 Å². The third-order valence-corrected chi connectivity index (χ3v) is 4.68. The third-order valence-electron chi connectivity index (χ3n) is 4.68. The lowest BCUT2D eigenvalue weighted by Gasteiger charge is -2.35. The summed E-state index contributed by atoms with van der Waals surface area (Å²) < 4.78 is 6.46. The molecule has 140 valence electrons. The van der Waals surface area contributed by atoms with E-state index in [2.05, 4.69) is 15.4 Å². The van der Waals surface area contributed by atoms with Crippen LogP contribution in [0.2, 0.25) is 0 Å². The fourth-order valence-electron chi connectivity index (χ4n) is 3.40. The summed E-state index contributed by atoms with van der Waals surface area (Å²) in [6, 6.07) is 0.111. The number of nitrogens with zero attached hydrogens (tertiary/aromatic N) is 4. The zero-order valence-electron chi connectivity index (χ0n) is 15.3. The van der Waals surface area contributed by atoms with Crippen molar-refractivity contribution >= 4 is 17.5 Å². The second-order valence-corrected chi connectivity index (χ2v) is 6.68. The first-order valence-electron chi connectivity index (χ1n) is 8.96. The summed E-state index contributed by atoms with van der Waals surface area (Å²) in [5.41, 5.74) is 2.10. The number of rotatable bonds is 6. The number of aromatic nitrogens is 3. The summed E-state index contributed by atoms with van der Waals surface area (Å²) in [6.45, 7) is 3.25. The van der Waals surface area contributed by atoms with Crippen LogP contribution in [0.1, 0.15) is 41.6 Å². The Balaban J connectivity index is 1.70. The van der Waals surface area contributed by atoms with Crippen molar-refractivity contribution in [2.45, 2.75) is 38.6 Å². The lowest BCUT2D eigenvalue weighted by Crippen LogP contribution is -2.45. The Kier molecular flexibility index (Phi) is 5.82. The zero-order chi connectivity index (χ0) is 18.5. The maximum absolute atomic E-state index is 13.1. The van der Waals surface area contributed by atoms with Crippen LogP contribution in [0.4, 0.5) is 0 Å². The molecule has 1 aliphatic rings. The van der Waals surface area contributed by atoms with Gasteiger partial charge in [0.05, 0.1) is 6.20 Å². The van der Waals surface area contributed by atoms with Crippen molar-refractivity contribution in [1.82, 2.24) is 24.8 Å². The van der Waals surface area contributed by atoms with Crippen LogP contribution in [0, 0.1) is 6.92 Å². The predicted molar refractivity (Wildman–Crippen MR) is 95.9 cm³/mol. The first-order chi connectivity index (χ1) is 12.6. The Morgan fingerprint density at radius 3 is 3.00 bits per heavy atom. The van der Waals surface area contributed by atoms with Crippen LogP contribution < -0.4 is 5.32 Å². The maximum Gasteiger partial charge on any atom is 0.259 e. The molecule has 3 rings (SSSR count). The van der Waals surface area contributed by atoms with Crippen LogP contribution in [0.25, 0.3) is 5.65 Å². The van der Waals surface area contributed by atoms with E-state index in [1.165, 1.54) is 7.11 Å². The van der Waals surface area contributed by atoms with E-state index in [1.54, 1.807) is 16.9 Å². The van der Waals surface area contributed by atoms with Crippen molar-refractivity contribution in [3.63, 3.8) is 0 Å². The molecule has 0 aromatic carbocycles. The average molecular weight is 359 g/mol. The normalized spacial score (nSPS) is 17.5. The fraction of sp³-hybridized carbons (Fsp3) is 0.556. The van der Waals surface area contributed by atoms with Crippen molar-refractivity contribution in [3.05, 3.63) is 29.7 Å². The SMILES string of the molecule is COCC(=O)NCC[C@H]1CCCCN1C(=O)c1cnn2cc(C)cnc12. The fourth-order valence-corrected chi connectivity index (χ4v) is 3.40. The van der Waals surface area contributed by atoms with Crippen molar-refractivity contribution in [2.75, 3.05) is 26.8 Å². The van der Waals surface area contributed by atoms with Crippen molar-refractivity contribution < 1.29 is 14.3 Å². The lowest BCUT2D eigenvalue weighted by molar-refractivity contribution is -0.124. The molecule has 0 radical (unpaired) electrons. The molecule has 1 N–H and O–H groups in total. The largest absolute Gasteiger partial charge is 0.375 e. The molecule has 1 fully saturated rings. The van der Waals surface area contributed by atoms with E-state index in [-0.39, 0.29) is 24.5 Å². The Bertz CT molecular complexity index is 788. The summed E-state index contributed by atoms with van der Waals surface area (Å²) in [7, 11) is 1.49. The van der Waals surface area contributed by atoms with Gasteiger partial charge in [0.1, 0.15) is 12.2 Å². The second-order valence-electron chi connectivity index (χ2n) is 6.68. The molecule has 0 saturated carbocycles. The highest BCUT2D eigenvalue weighted by Gasteiger charge is 2.29. The highest BCUT2D eigenvalue weighted by atomic mass is 16.5. The molecule has 0 aliphatic carbocycles. The summed E-state index contributed by atoms with van der Waals surface area (Å²) in [6.07, 6.45) is 8.95. The van der Waals surface area contributed by atoms with Crippen molar-refractivity contribution in [1.29, 1.82) is 0 Å². The van der Waals surface area contributed by atoms with E-state index in [0.29, 0.717) is 17.8 Å². The number of nitrogens with one attached hydrogen (secondary N) is 1. The van der Waals surface area contributed by atoms with Crippen LogP contribution in [0.3, 0.4) is 0 Å². The number of aryl methyl sites for hydroxylation is 1. The summed E-state index contributed by atoms with van der Waals surface area (Å²) >= 11 is 0.